The van der Waals surface area contributed by atoms with Crippen LogP contribution in [0.1, 0.15) is 26.7 Å². The molecule has 0 spiro atoms. The average Bonchev–Trinajstić information content (AvgIpc) is 2.05. The Morgan fingerprint density at radius 1 is 1.17 bits per heavy atom. The Hall–Kier alpha value is -0.120. The average molecular weight is 175 g/mol. The van der Waals surface area contributed by atoms with Gasteiger partial charge in [0, 0.05) is 6.54 Å². The maximum atomic E-state index is 9.19. The van der Waals surface area contributed by atoms with Crippen LogP contribution in [-0.2, 0) is 0 Å². The molecule has 74 valence electrons. The third-order valence-electron chi connectivity index (χ3n) is 1.76. The van der Waals surface area contributed by atoms with Gasteiger partial charge in [0.05, 0.1) is 12.7 Å². The largest absolute Gasteiger partial charge is 0.394 e. The Balaban J connectivity index is 3.61. The standard InChI is InChI=1S/C9H21NO2/c1-3-5-10(6-4-2)7-9(12)8-11/h9,11-12H,3-8H2,1-2H3/t9-/m0/s1. The molecule has 0 rings (SSSR count). The van der Waals surface area contributed by atoms with Crippen molar-refractivity contribution >= 4 is 0 Å². The van der Waals surface area contributed by atoms with E-state index in [1.54, 1.807) is 0 Å². The van der Waals surface area contributed by atoms with Gasteiger partial charge < -0.3 is 15.1 Å². The minimum atomic E-state index is -0.580. The number of aliphatic hydroxyl groups excluding tert-OH is 2. The molecule has 0 aromatic carbocycles. The molecular weight excluding hydrogens is 154 g/mol. The highest BCUT2D eigenvalue weighted by Crippen LogP contribution is 1.96. The summed E-state index contributed by atoms with van der Waals surface area (Å²) >= 11 is 0. The Bertz CT molecular complexity index is 92.5. The Labute approximate surface area is 75.0 Å². The lowest BCUT2D eigenvalue weighted by Gasteiger charge is -2.22. The smallest absolute Gasteiger partial charge is 0.0897 e. The molecule has 3 nitrogen and oxygen atoms in total. The van der Waals surface area contributed by atoms with Gasteiger partial charge in [-0.1, -0.05) is 13.8 Å². The molecule has 0 heterocycles. The number of nitrogens with zero attached hydrogens (tertiary/aromatic N) is 1. The highest BCUT2D eigenvalue weighted by atomic mass is 16.3. The first kappa shape index (κ1) is 11.9. The third-order valence-corrected chi connectivity index (χ3v) is 1.76. The van der Waals surface area contributed by atoms with Crippen LogP contribution in [0.25, 0.3) is 0 Å². The normalized spacial score (nSPS) is 13.8. The van der Waals surface area contributed by atoms with E-state index in [2.05, 4.69) is 18.7 Å². The minimum Gasteiger partial charge on any atom is -0.394 e. The van der Waals surface area contributed by atoms with E-state index in [0.29, 0.717) is 6.54 Å². The molecule has 0 amide bonds. The van der Waals surface area contributed by atoms with Crippen molar-refractivity contribution in [3.63, 3.8) is 0 Å². The molecule has 0 radical (unpaired) electrons. The van der Waals surface area contributed by atoms with Gasteiger partial charge in [0.25, 0.3) is 0 Å². The lowest BCUT2D eigenvalue weighted by atomic mass is 10.3. The molecule has 0 saturated heterocycles. The van der Waals surface area contributed by atoms with Crippen molar-refractivity contribution in [3.8, 4) is 0 Å². The van der Waals surface area contributed by atoms with Crippen molar-refractivity contribution in [2.45, 2.75) is 32.8 Å². The SMILES string of the molecule is CCCN(CCC)C[C@H](O)CO. The van der Waals surface area contributed by atoms with Gasteiger partial charge in [-0.25, -0.2) is 0 Å². The van der Waals surface area contributed by atoms with Crippen LogP contribution in [0.5, 0.6) is 0 Å². The Morgan fingerprint density at radius 2 is 1.67 bits per heavy atom. The van der Waals surface area contributed by atoms with Crippen LogP contribution in [0.4, 0.5) is 0 Å². The maximum Gasteiger partial charge on any atom is 0.0897 e. The highest BCUT2D eigenvalue weighted by molar-refractivity contribution is 4.62. The monoisotopic (exact) mass is 175 g/mol. The van der Waals surface area contributed by atoms with Crippen molar-refractivity contribution < 1.29 is 10.2 Å². The molecule has 1 atom stereocenters. The van der Waals surface area contributed by atoms with Crippen LogP contribution >= 0.6 is 0 Å². The van der Waals surface area contributed by atoms with E-state index in [1.807, 2.05) is 0 Å². The van der Waals surface area contributed by atoms with E-state index in [0.717, 1.165) is 25.9 Å². The summed E-state index contributed by atoms with van der Waals surface area (Å²) in [5.41, 5.74) is 0. The van der Waals surface area contributed by atoms with E-state index in [4.69, 9.17) is 5.11 Å². The van der Waals surface area contributed by atoms with Crippen molar-refractivity contribution in [3.05, 3.63) is 0 Å². The van der Waals surface area contributed by atoms with Crippen LogP contribution in [0, 0.1) is 0 Å². The number of hydrogen-bond donors (Lipinski definition) is 2. The molecular formula is C9H21NO2. The fourth-order valence-electron chi connectivity index (χ4n) is 1.28. The quantitative estimate of drug-likeness (QED) is 0.591. The zero-order valence-corrected chi connectivity index (χ0v) is 8.16. The van der Waals surface area contributed by atoms with Gasteiger partial charge in [0.15, 0.2) is 0 Å². The first-order valence-electron chi connectivity index (χ1n) is 4.75. The molecule has 0 unspecified atom stereocenters. The predicted octanol–water partition coefficient (Wildman–Crippen LogP) is 0.462. The summed E-state index contributed by atoms with van der Waals surface area (Å²) in [6, 6.07) is 0. The zero-order chi connectivity index (χ0) is 9.40. The summed E-state index contributed by atoms with van der Waals surface area (Å²) in [6.07, 6.45) is 1.61. The van der Waals surface area contributed by atoms with Crippen LogP contribution in [0.3, 0.4) is 0 Å². The van der Waals surface area contributed by atoms with Gasteiger partial charge >= 0.3 is 0 Å². The van der Waals surface area contributed by atoms with Crippen molar-refractivity contribution in [1.29, 1.82) is 0 Å². The molecule has 0 fully saturated rings. The van der Waals surface area contributed by atoms with E-state index < -0.39 is 6.10 Å². The van der Waals surface area contributed by atoms with E-state index in [-0.39, 0.29) is 6.61 Å². The molecule has 0 saturated carbocycles. The van der Waals surface area contributed by atoms with Crippen molar-refractivity contribution in [2.75, 3.05) is 26.2 Å². The fourth-order valence-corrected chi connectivity index (χ4v) is 1.28. The van der Waals surface area contributed by atoms with Gasteiger partial charge in [0.1, 0.15) is 0 Å². The van der Waals surface area contributed by atoms with Gasteiger partial charge in [-0.15, -0.1) is 0 Å². The Morgan fingerprint density at radius 3 is 2.00 bits per heavy atom. The van der Waals surface area contributed by atoms with E-state index >= 15 is 0 Å². The summed E-state index contributed by atoms with van der Waals surface area (Å²) in [5.74, 6) is 0. The molecule has 0 aromatic rings. The van der Waals surface area contributed by atoms with Gasteiger partial charge in [-0.05, 0) is 25.9 Å². The summed E-state index contributed by atoms with van der Waals surface area (Å²) in [7, 11) is 0. The molecule has 0 aliphatic rings. The molecule has 0 aliphatic carbocycles. The van der Waals surface area contributed by atoms with Gasteiger partial charge in [0.2, 0.25) is 0 Å². The molecule has 12 heavy (non-hydrogen) atoms. The first-order valence-corrected chi connectivity index (χ1v) is 4.75. The molecule has 0 aromatic heterocycles. The minimum absolute atomic E-state index is 0.135. The summed E-state index contributed by atoms with van der Waals surface area (Å²) in [6.45, 7) is 6.71. The third kappa shape index (κ3) is 5.52. The first-order chi connectivity index (χ1) is 5.74. The predicted molar refractivity (Wildman–Crippen MR) is 50.1 cm³/mol. The highest BCUT2D eigenvalue weighted by Gasteiger charge is 2.08. The van der Waals surface area contributed by atoms with Crippen LogP contribution in [-0.4, -0.2) is 47.5 Å². The second-order valence-electron chi connectivity index (χ2n) is 3.14. The number of hydrogen-bond acceptors (Lipinski definition) is 3. The van der Waals surface area contributed by atoms with Gasteiger partial charge in [-0.2, -0.15) is 0 Å². The molecule has 3 heteroatoms. The van der Waals surface area contributed by atoms with Crippen molar-refractivity contribution in [1.82, 2.24) is 4.90 Å². The van der Waals surface area contributed by atoms with Gasteiger partial charge in [-0.3, -0.25) is 0 Å². The topological polar surface area (TPSA) is 43.7 Å². The van der Waals surface area contributed by atoms with E-state index in [9.17, 15) is 5.11 Å². The number of aliphatic hydroxyl groups is 2. The van der Waals surface area contributed by atoms with Crippen LogP contribution < -0.4 is 0 Å². The molecule has 0 aliphatic heterocycles. The summed E-state index contributed by atoms with van der Waals surface area (Å²) in [5, 5.41) is 17.8. The fraction of sp³-hybridized carbons (Fsp3) is 1.00. The molecule has 0 bridgehead atoms. The zero-order valence-electron chi connectivity index (χ0n) is 8.16. The lowest BCUT2D eigenvalue weighted by molar-refractivity contribution is 0.0591. The Kier molecular flexibility index (Phi) is 7.45. The second kappa shape index (κ2) is 7.53. The van der Waals surface area contributed by atoms with Crippen molar-refractivity contribution in [2.24, 2.45) is 0 Å². The molecule has 2 N–H and O–H groups in total. The van der Waals surface area contributed by atoms with Crippen LogP contribution in [0.2, 0.25) is 0 Å². The maximum absolute atomic E-state index is 9.19. The number of rotatable bonds is 7. The van der Waals surface area contributed by atoms with Crippen LogP contribution in [0.15, 0.2) is 0 Å². The lowest BCUT2D eigenvalue weighted by Crippen LogP contribution is -2.35. The van der Waals surface area contributed by atoms with E-state index in [1.165, 1.54) is 0 Å². The second-order valence-corrected chi connectivity index (χ2v) is 3.14. The summed E-state index contributed by atoms with van der Waals surface area (Å²) < 4.78 is 0. The summed E-state index contributed by atoms with van der Waals surface area (Å²) in [4.78, 5) is 2.18.